The Kier molecular flexibility index (Phi) is 4.97. The van der Waals surface area contributed by atoms with Gasteiger partial charge in [0.2, 0.25) is 0 Å². The second-order valence-electron chi connectivity index (χ2n) is 4.07. The maximum atomic E-state index is 12.1. The van der Waals surface area contributed by atoms with E-state index >= 15 is 0 Å². The van der Waals surface area contributed by atoms with E-state index in [4.69, 9.17) is 5.73 Å². The van der Waals surface area contributed by atoms with E-state index in [1.54, 1.807) is 23.3 Å². The number of nitrogens with zero attached hydrogens (tertiary/aromatic N) is 1. The van der Waals surface area contributed by atoms with E-state index in [1.165, 1.54) is 0 Å². The molecule has 1 atom stereocenters. The van der Waals surface area contributed by atoms with Crippen LogP contribution < -0.4 is 5.73 Å². The predicted octanol–water partition coefficient (Wildman–Crippen LogP) is 2.94. The van der Waals surface area contributed by atoms with E-state index in [2.05, 4.69) is 0 Å². The lowest BCUT2D eigenvalue weighted by Crippen LogP contribution is -2.33. The highest BCUT2D eigenvalue weighted by atomic mass is 32.1. The van der Waals surface area contributed by atoms with Gasteiger partial charge in [-0.25, -0.2) is 0 Å². The molecule has 1 heterocycles. The molecule has 0 bridgehead atoms. The van der Waals surface area contributed by atoms with Gasteiger partial charge in [-0.05, 0) is 31.0 Å². The molecule has 2 nitrogen and oxygen atoms in total. The first kappa shape index (κ1) is 14.5. The molecule has 0 aliphatic heterocycles. The molecule has 0 spiro atoms. The van der Waals surface area contributed by atoms with Crippen LogP contribution in [0.1, 0.15) is 22.9 Å². The Morgan fingerprint density at radius 2 is 2.12 bits per heavy atom. The van der Waals surface area contributed by atoms with Gasteiger partial charge in [0.25, 0.3) is 0 Å². The third kappa shape index (κ3) is 4.29. The minimum absolute atomic E-state index is 0.0251. The lowest BCUT2D eigenvalue weighted by Gasteiger charge is -2.27. The Hall–Kier alpha value is -0.590. The number of hydrogen-bond donors (Lipinski definition) is 1. The number of aryl methyl sites for hydroxylation is 1. The zero-order valence-corrected chi connectivity index (χ0v) is 10.7. The average Bonchev–Trinajstić information content (AvgIpc) is 2.62. The third-order valence-electron chi connectivity index (χ3n) is 2.71. The number of halogens is 3. The van der Waals surface area contributed by atoms with Crippen LogP contribution in [-0.2, 0) is 0 Å². The van der Waals surface area contributed by atoms with Crippen LogP contribution in [0, 0.1) is 6.92 Å². The molecule has 0 aliphatic rings. The van der Waals surface area contributed by atoms with Crippen molar-refractivity contribution in [2.45, 2.75) is 25.6 Å². The number of alkyl halides is 3. The Morgan fingerprint density at radius 1 is 1.47 bits per heavy atom. The van der Waals surface area contributed by atoms with Gasteiger partial charge in [0, 0.05) is 18.0 Å². The van der Waals surface area contributed by atoms with Crippen molar-refractivity contribution in [2.75, 3.05) is 20.1 Å². The number of likely N-dealkylation sites (N-methyl/N-ethyl adjacent to an activating group) is 1. The maximum Gasteiger partial charge on any atom is 0.390 e. The summed E-state index contributed by atoms with van der Waals surface area (Å²) in [5.41, 5.74) is 6.74. The highest BCUT2D eigenvalue weighted by Crippen LogP contribution is 2.28. The highest BCUT2D eigenvalue weighted by Gasteiger charge is 2.29. The zero-order chi connectivity index (χ0) is 13.1. The maximum absolute atomic E-state index is 12.1. The summed E-state index contributed by atoms with van der Waals surface area (Å²) < 4.78 is 36.4. The molecule has 98 valence electrons. The van der Waals surface area contributed by atoms with Gasteiger partial charge in [-0.2, -0.15) is 13.2 Å². The van der Waals surface area contributed by atoms with Gasteiger partial charge < -0.3 is 5.73 Å². The van der Waals surface area contributed by atoms with Crippen LogP contribution in [0.3, 0.4) is 0 Å². The zero-order valence-electron chi connectivity index (χ0n) is 9.92. The quantitative estimate of drug-likeness (QED) is 0.888. The molecule has 0 fully saturated rings. The predicted molar refractivity (Wildman–Crippen MR) is 64.2 cm³/mol. The van der Waals surface area contributed by atoms with Crippen molar-refractivity contribution in [3.8, 4) is 0 Å². The topological polar surface area (TPSA) is 29.3 Å². The number of hydrogen-bond acceptors (Lipinski definition) is 3. The van der Waals surface area contributed by atoms with Crippen molar-refractivity contribution in [2.24, 2.45) is 5.73 Å². The molecule has 1 unspecified atom stereocenters. The molecule has 2 N–H and O–H groups in total. The molecule has 0 aliphatic carbocycles. The van der Waals surface area contributed by atoms with E-state index in [9.17, 15) is 13.2 Å². The summed E-state index contributed by atoms with van der Waals surface area (Å²) in [5.74, 6) is 0. The molecule has 1 rings (SSSR count). The monoisotopic (exact) mass is 266 g/mol. The van der Waals surface area contributed by atoms with Crippen molar-refractivity contribution >= 4 is 11.3 Å². The minimum Gasteiger partial charge on any atom is -0.329 e. The first-order chi connectivity index (χ1) is 7.85. The van der Waals surface area contributed by atoms with Crippen LogP contribution in [0.4, 0.5) is 13.2 Å². The summed E-state index contributed by atoms with van der Waals surface area (Å²) in [6.07, 6.45) is -4.91. The molecule has 17 heavy (non-hydrogen) atoms. The average molecular weight is 266 g/mol. The van der Waals surface area contributed by atoms with Crippen LogP contribution in [0.2, 0.25) is 0 Å². The molecule has 0 radical (unpaired) electrons. The molecular formula is C11H17F3N2S. The van der Waals surface area contributed by atoms with E-state index in [-0.39, 0.29) is 12.6 Å². The van der Waals surface area contributed by atoms with Gasteiger partial charge in [-0.1, -0.05) is 0 Å². The Bertz CT molecular complexity index is 349. The summed E-state index contributed by atoms with van der Waals surface area (Å²) in [6.45, 7) is 2.25. The Morgan fingerprint density at radius 3 is 2.53 bits per heavy atom. The standard InChI is InChI=1S/C11H17F3N2S/c1-8-3-6-17-10(8)9(7-15)16(2)5-4-11(12,13)14/h3,6,9H,4-5,7,15H2,1-2H3. The van der Waals surface area contributed by atoms with Crippen LogP contribution in [0.5, 0.6) is 0 Å². The van der Waals surface area contributed by atoms with Crippen molar-refractivity contribution in [3.63, 3.8) is 0 Å². The van der Waals surface area contributed by atoms with Gasteiger partial charge >= 0.3 is 6.18 Å². The van der Waals surface area contributed by atoms with Crippen LogP contribution >= 0.6 is 11.3 Å². The smallest absolute Gasteiger partial charge is 0.329 e. The van der Waals surface area contributed by atoms with Crippen molar-refractivity contribution in [1.82, 2.24) is 4.90 Å². The van der Waals surface area contributed by atoms with E-state index in [1.807, 2.05) is 18.4 Å². The van der Waals surface area contributed by atoms with Gasteiger partial charge in [0.05, 0.1) is 12.5 Å². The number of thiophene rings is 1. The second kappa shape index (κ2) is 5.84. The molecule has 0 aromatic carbocycles. The van der Waals surface area contributed by atoms with Crippen LogP contribution in [-0.4, -0.2) is 31.2 Å². The summed E-state index contributed by atoms with van der Waals surface area (Å²) in [6, 6.07) is 1.83. The fourth-order valence-electron chi connectivity index (χ4n) is 1.67. The van der Waals surface area contributed by atoms with Crippen molar-refractivity contribution in [3.05, 3.63) is 21.9 Å². The molecule has 1 aromatic rings. The largest absolute Gasteiger partial charge is 0.390 e. The molecule has 0 amide bonds. The SMILES string of the molecule is Cc1ccsc1C(CN)N(C)CCC(F)(F)F. The lowest BCUT2D eigenvalue weighted by atomic mass is 10.1. The van der Waals surface area contributed by atoms with E-state index in [0.29, 0.717) is 6.54 Å². The number of nitrogens with two attached hydrogens (primary N) is 1. The summed E-state index contributed by atoms with van der Waals surface area (Å²) >= 11 is 1.54. The molecule has 0 saturated carbocycles. The minimum atomic E-state index is -4.11. The first-order valence-electron chi connectivity index (χ1n) is 5.36. The Balaban J connectivity index is 2.65. The van der Waals surface area contributed by atoms with Crippen molar-refractivity contribution in [1.29, 1.82) is 0 Å². The number of rotatable bonds is 5. The third-order valence-corrected chi connectivity index (χ3v) is 3.83. The fourth-order valence-corrected chi connectivity index (χ4v) is 2.78. The highest BCUT2D eigenvalue weighted by molar-refractivity contribution is 7.10. The lowest BCUT2D eigenvalue weighted by molar-refractivity contribution is -0.138. The van der Waals surface area contributed by atoms with Crippen molar-refractivity contribution < 1.29 is 13.2 Å². The summed E-state index contributed by atoms with van der Waals surface area (Å²) in [7, 11) is 1.68. The molecule has 6 heteroatoms. The van der Waals surface area contributed by atoms with Gasteiger partial charge in [0.1, 0.15) is 0 Å². The fraction of sp³-hybridized carbons (Fsp3) is 0.636. The molecule has 0 saturated heterocycles. The Labute approximate surface area is 103 Å². The molecular weight excluding hydrogens is 249 g/mol. The van der Waals surface area contributed by atoms with E-state index < -0.39 is 12.6 Å². The second-order valence-corrected chi connectivity index (χ2v) is 5.01. The van der Waals surface area contributed by atoms with Gasteiger partial charge in [-0.15, -0.1) is 11.3 Å². The van der Waals surface area contributed by atoms with Gasteiger partial charge in [-0.3, -0.25) is 4.90 Å². The first-order valence-corrected chi connectivity index (χ1v) is 6.24. The summed E-state index contributed by atoms with van der Waals surface area (Å²) in [4.78, 5) is 2.73. The normalized spacial score (nSPS) is 14.3. The van der Waals surface area contributed by atoms with E-state index in [0.717, 1.165) is 10.4 Å². The van der Waals surface area contributed by atoms with Crippen LogP contribution in [0.15, 0.2) is 11.4 Å². The summed E-state index contributed by atoms with van der Waals surface area (Å²) in [5, 5.41) is 1.94. The van der Waals surface area contributed by atoms with Gasteiger partial charge in [0.15, 0.2) is 0 Å². The molecule has 1 aromatic heterocycles. The van der Waals surface area contributed by atoms with Crippen LogP contribution in [0.25, 0.3) is 0 Å².